The quantitative estimate of drug-likeness (QED) is 0.768. The van der Waals surface area contributed by atoms with Crippen molar-refractivity contribution in [2.75, 3.05) is 26.7 Å². The van der Waals surface area contributed by atoms with Crippen molar-refractivity contribution in [1.29, 1.82) is 0 Å². The first-order chi connectivity index (χ1) is 10.5. The van der Waals surface area contributed by atoms with Gasteiger partial charge in [-0.05, 0) is 30.9 Å². The second kappa shape index (κ2) is 6.38. The molecule has 1 amide bonds. The fourth-order valence-corrected chi connectivity index (χ4v) is 3.77. The van der Waals surface area contributed by atoms with E-state index in [0.717, 1.165) is 32.6 Å². The first-order valence-electron chi connectivity index (χ1n) is 7.85. The van der Waals surface area contributed by atoms with E-state index in [1.165, 1.54) is 5.56 Å². The molecule has 3 rings (SSSR count). The third kappa shape index (κ3) is 3.76. The summed E-state index contributed by atoms with van der Waals surface area (Å²) in [6.07, 6.45) is 1.73. The van der Waals surface area contributed by atoms with Gasteiger partial charge in [0.15, 0.2) is 0 Å². The molecule has 2 fully saturated rings. The summed E-state index contributed by atoms with van der Waals surface area (Å²) in [6.45, 7) is 3.93. The number of amides is 1. The molecule has 1 saturated carbocycles. The van der Waals surface area contributed by atoms with Gasteiger partial charge in [0.05, 0.1) is 5.92 Å². The van der Waals surface area contributed by atoms with Gasteiger partial charge in [0.1, 0.15) is 4.33 Å². The summed E-state index contributed by atoms with van der Waals surface area (Å²) in [5.41, 5.74) is 1.35. The maximum absolute atomic E-state index is 12.2. The number of hydrogen-bond donors (Lipinski definition) is 0. The van der Waals surface area contributed by atoms with E-state index < -0.39 is 4.33 Å². The Morgan fingerprint density at radius 3 is 2.68 bits per heavy atom. The molecule has 3 nitrogen and oxygen atoms in total. The molecular formula is C17H22Cl2N2O. The third-order valence-electron chi connectivity index (χ3n) is 4.65. The Hall–Kier alpha value is -0.770. The van der Waals surface area contributed by atoms with Crippen molar-refractivity contribution in [2.24, 2.45) is 11.8 Å². The second-order valence-corrected chi connectivity index (χ2v) is 8.15. The van der Waals surface area contributed by atoms with E-state index in [1.54, 1.807) is 0 Å². The van der Waals surface area contributed by atoms with Crippen LogP contribution in [0.4, 0.5) is 0 Å². The summed E-state index contributed by atoms with van der Waals surface area (Å²) >= 11 is 12.0. The van der Waals surface area contributed by atoms with Crippen LogP contribution in [0.2, 0.25) is 0 Å². The lowest BCUT2D eigenvalue weighted by Crippen LogP contribution is -2.35. The minimum absolute atomic E-state index is 0.0894. The minimum Gasteiger partial charge on any atom is -0.345 e. The van der Waals surface area contributed by atoms with Crippen molar-refractivity contribution in [3.8, 4) is 0 Å². The molecule has 1 saturated heterocycles. The molecular weight excluding hydrogens is 319 g/mol. The van der Waals surface area contributed by atoms with Gasteiger partial charge in [0.25, 0.3) is 0 Å². The van der Waals surface area contributed by atoms with Crippen LogP contribution in [-0.4, -0.2) is 46.7 Å². The second-order valence-electron chi connectivity index (χ2n) is 6.61. The highest BCUT2D eigenvalue weighted by molar-refractivity contribution is 6.52. The molecule has 1 aliphatic heterocycles. The first kappa shape index (κ1) is 16.1. The van der Waals surface area contributed by atoms with Crippen molar-refractivity contribution in [2.45, 2.75) is 23.7 Å². The lowest BCUT2D eigenvalue weighted by molar-refractivity contribution is -0.131. The maximum atomic E-state index is 12.2. The normalized spacial score (nSPS) is 26.9. The molecule has 2 atom stereocenters. The van der Waals surface area contributed by atoms with Crippen LogP contribution in [-0.2, 0) is 11.3 Å². The lowest BCUT2D eigenvalue weighted by atomic mass is 10.1. The SMILES string of the molecule is CN(C[C@@H]1CCN(Cc2ccccc2)C1)C(=O)[C@H]1CC1(Cl)Cl. The van der Waals surface area contributed by atoms with Crippen molar-refractivity contribution in [3.63, 3.8) is 0 Å². The number of halogens is 2. The topological polar surface area (TPSA) is 23.6 Å². The molecule has 5 heteroatoms. The van der Waals surface area contributed by atoms with Crippen molar-refractivity contribution < 1.29 is 4.79 Å². The minimum atomic E-state index is -0.819. The predicted octanol–water partition coefficient (Wildman–Crippen LogP) is 3.16. The highest BCUT2D eigenvalue weighted by Gasteiger charge is 2.57. The van der Waals surface area contributed by atoms with Crippen molar-refractivity contribution in [1.82, 2.24) is 9.80 Å². The molecule has 0 aromatic heterocycles. The fraction of sp³-hybridized carbons (Fsp3) is 0.588. The van der Waals surface area contributed by atoms with Gasteiger partial charge in [-0.25, -0.2) is 0 Å². The zero-order valence-corrected chi connectivity index (χ0v) is 14.4. The highest BCUT2D eigenvalue weighted by atomic mass is 35.5. The Morgan fingerprint density at radius 1 is 1.36 bits per heavy atom. The van der Waals surface area contributed by atoms with Crippen LogP contribution in [0.1, 0.15) is 18.4 Å². The van der Waals surface area contributed by atoms with Gasteiger partial charge in [0.2, 0.25) is 5.91 Å². The number of nitrogens with zero attached hydrogens (tertiary/aromatic N) is 2. The van der Waals surface area contributed by atoms with E-state index in [-0.39, 0.29) is 11.8 Å². The predicted molar refractivity (Wildman–Crippen MR) is 90.0 cm³/mol. The smallest absolute Gasteiger partial charge is 0.228 e. The number of hydrogen-bond acceptors (Lipinski definition) is 2. The molecule has 0 bridgehead atoms. The van der Waals surface area contributed by atoms with E-state index in [2.05, 4.69) is 29.2 Å². The molecule has 1 aromatic carbocycles. The summed E-state index contributed by atoms with van der Waals surface area (Å²) in [5.74, 6) is 0.422. The summed E-state index contributed by atoms with van der Waals surface area (Å²) in [7, 11) is 1.87. The van der Waals surface area contributed by atoms with Crippen LogP contribution in [0.5, 0.6) is 0 Å². The standard InChI is InChI=1S/C17H22Cl2N2O/c1-20(16(22)15-9-17(15,18)19)10-14-7-8-21(12-14)11-13-5-3-2-4-6-13/h2-6,14-15H,7-12H2,1H3/t14-,15+/m0/s1. The lowest BCUT2D eigenvalue weighted by Gasteiger charge is -2.22. The van der Waals surface area contributed by atoms with Gasteiger partial charge in [0, 0.05) is 26.7 Å². The molecule has 0 unspecified atom stereocenters. The summed E-state index contributed by atoms with van der Waals surface area (Å²) in [5, 5.41) is 0. The largest absolute Gasteiger partial charge is 0.345 e. The Balaban J connectivity index is 1.46. The summed E-state index contributed by atoms with van der Waals surface area (Å²) < 4.78 is -0.819. The number of likely N-dealkylation sites (tertiary alicyclic amines) is 1. The van der Waals surface area contributed by atoms with Crippen molar-refractivity contribution >= 4 is 29.1 Å². The van der Waals surface area contributed by atoms with Crippen LogP contribution in [0.25, 0.3) is 0 Å². The van der Waals surface area contributed by atoms with E-state index in [4.69, 9.17) is 23.2 Å². The monoisotopic (exact) mass is 340 g/mol. The first-order valence-corrected chi connectivity index (χ1v) is 8.60. The van der Waals surface area contributed by atoms with E-state index >= 15 is 0 Å². The molecule has 1 aromatic rings. The molecule has 1 heterocycles. The van der Waals surface area contributed by atoms with E-state index in [0.29, 0.717) is 12.3 Å². The van der Waals surface area contributed by atoms with Crippen LogP contribution in [0.15, 0.2) is 30.3 Å². The van der Waals surface area contributed by atoms with Crippen LogP contribution < -0.4 is 0 Å². The number of benzene rings is 1. The van der Waals surface area contributed by atoms with Gasteiger partial charge >= 0.3 is 0 Å². The van der Waals surface area contributed by atoms with Gasteiger partial charge in [-0.2, -0.15) is 0 Å². The summed E-state index contributed by atoms with van der Waals surface area (Å²) in [4.78, 5) is 16.5. The highest BCUT2D eigenvalue weighted by Crippen LogP contribution is 2.53. The number of alkyl halides is 2. The molecule has 1 aliphatic carbocycles. The van der Waals surface area contributed by atoms with Crippen LogP contribution in [0, 0.1) is 11.8 Å². The number of carbonyl (C=O) groups excluding carboxylic acids is 1. The Morgan fingerprint density at radius 2 is 2.05 bits per heavy atom. The summed E-state index contributed by atoms with van der Waals surface area (Å²) in [6, 6.07) is 10.5. The van der Waals surface area contributed by atoms with Gasteiger partial charge in [-0.1, -0.05) is 30.3 Å². The van der Waals surface area contributed by atoms with E-state index in [1.807, 2.05) is 18.0 Å². The molecule has 0 spiro atoms. The number of rotatable bonds is 5. The fourth-order valence-electron chi connectivity index (χ4n) is 3.27. The zero-order valence-electron chi connectivity index (χ0n) is 12.8. The average Bonchev–Trinajstić information content (AvgIpc) is 2.91. The molecule has 2 aliphatic rings. The third-order valence-corrected chi connectivity index (χ3v) is 5.49. The average molecular weight is 341 g/mol. The molecule has 22 heavy (non-hydrogen) atoms. The maximum Gasteiger partial charge on any atom is 0.228 e. The molecule has 0 radical (unpaired) electrons. The van der Waals surface area contributed by atoms with Gasteiger partial charge in [-0.15, -0.1) is 23.2 Å². The Bertz CT molecular complexity index is 535. The van der Waals surface area contributed by atoms with Gasteiger partial charge in [-0.3, -0.25) is 9.69 Å². The molecule has 0 N–H and O–H groups in total. The molecule has 120 valence electrons. The Labute approximate surface area is 142 Å². The van der Waals surface area contributed by atoms with E-state index in [9.17, 15) is 4.79 Å². The van der Waals surface area contributed by atoms with Gasteiger partial charge < -0.3 is 4.90 Å². The van der Waals surface area contributed by atoms with Crippen molar-refractivity contribution in [3.05, 3.63) is 35.9 Å². The van der Waals surface area contributed by atoms with Crippen LogP contribution in [0.3, 0.4) is 0 Å². The Kier molecular flexibility index (Phi) is 4.67. The van der Waals surface area contributed by atoms with Crippen LogP contribution >= 0.6 is 23.2 Å². The zero-order chi connectivity index (χ0) is 15.7. The number of carbonyl (C=O) groups is 1.